The maximum absolute atomic E-state index is 13.0. The number of amides is 1. The topological polar surface area (TPSA) is 78.2 Å². The zero-order chi connectivity index (χ0) is 21.2. The van der Waals surface area contributed by atoms with Crippen LogP contribution in [0.5, 0.6) is 0 Å². The predicted molar refractivity (Wildman–Crippen MR) is 109 cm³/mol. The van der Waals surface area contributed by atoms with Gasteiger partial charge in [-0.05, 0) is 37.3 Å². The Kier molecular flexibility index (Phi) is 6.32. The Hall–Kier alpha value is -2.34. The van der Waals surface area contributed by atoms with Crippen molar-refractivity contribution < 1.29 is 14.4 Å². The summed E-state index contributed by atoms with van der Waals surface area (Å²) < 4.78 is 0. The summed E-state index contributed by atoms with van der Waals surface area (Å²) in [4.78, 5) is 39.6. The minimum Gasteiger partial charge on any atom is -0.342 e. The van der Waals surface area contributed by atoms with Crippen molar-refractivity contribution in [2.24, 2.45) is 5.41 Å². The van der Waals surface area contributed by atoms with E-state index in [4.69, 9.17) is 28.5 Å². The second-order valence-corrected chi connectivity index (χ2v) is 8.48. The highest BCUT2D eigenvalue weighted by Crippen LogP contribution is 2.47. The molecule has 1 saturated heterocycles. The van der Waals surface area contributed by atoms with Gasteiger partial charge in [0.2, 0.25) is 5.91 Å². The van der Waals surface area contributed by atoms with Gasteiger partial charge in [-0.15, -0.1) is 5.92 Å². The van der Waals surface area contributed by atoms with Crippen molar-refractivity contribution in [3.05, 3.63) is 33.3 Å². The number of benzene rings is 1. The fraction of sp³-hybridized carbons (Fsp3) is 0.455. The van der Waals surface area contributed by atoms with Crippen molar-refractivity contribution >= 4 is 40.7 Å². The van der Waals surface area contributed by atoms with E-state index in [0.29, 0.717) is 37.1 Å². The van der Waals surface area contributed by atoms with Gasteiger partial charge in [0.1, 0.15) is 23.9 Å². The number of nitrogens with zero attached hydrogens (tertiary/aromatic N) is 2. The lowest BCUT2D eigenvalue weighted by Gasteiger charge is -2.44. The van der Waals surface area contributed by atoms with Crippen LogP contribution in [-0.4, -0.2) is 35.5 Å². The number of rotatable bonds is 2. The first-order valence-corrected chi connectivity index (χ1v) is 10.2. The minimum absolute atomic E-state index is 0.150. The first-order valence-electron chi connectivity index (χ1n) is 9.42. The summed E-state index contributed by atoms with van der Waals surface area (Å²) in [6, 6.07) is 5.12. The highest BCUT2D eigenvalue weighted by Gasteiger charge is 2.48. The van der Waals surface area contributed by atoms with Gasteiger partial charge in [0.05, 0.1) is 6.07 Å². The number of carbonyl (C=O) groups is 3. The molecule has 0 bridgehead atoms. The van der Waals surface area contributed by atoms with E-state index in [1.54, 1.807) is 24.0 Å². The zero-order valence-corrected chi connectivity index (χ0v) is 17.6. The van der Waals surface area contributed by atoms with E-state index in [1.165, 1.54) is 0 Å². The molecule has 1 aliphatic heterocycles. The normalized spacial score (nSPS) is 18.9. The van der Waals surface area contributed by atoms with Crippen molar-refractivity contribution in [2.75, 3.05) is 13.1 Å². The molecular weight excluding hydrogens is 411 g/mol. The predicted octanol–water partition coefficient (Wildman–Crippen LogP) is 3.90. The quantitative estimate of drug-likeness (QED) is 0.526. The molecule has 1 spiro atoms. The van der Waals surface area contributed by atoms with Crippen molar-refractivity contribution in [3.8, 4) is 17.9 Å². The zero-order valence-electron chi connectivity index (χ0n) is 16.1. The smallest absolute Gasteiger partial charge is 0.236 e. The Morgan fingerprint density at radius 3 is 2.21 bits per heavy atom. The van der Waals surface area contributed by atoms with Gasteiger partial charge in [0, 0.05) is 47.1 Å². The molecule has 1 aliphatic carbocycles. The number of piperidine rings is 1. The van der Waals surface area contributed by atoms with E-state index in [2.05, 4.69) is 11.8 Å². The summed E-state index contributed by atoms with van der Waals surface area (Å²) in [7, 11) is 0. The molecule has 5 nitrogen and oxygen atoms in total. The first-order chi connectivity index (χ1) is 13.8. The summed E-state index contributed by atoms with van der Waals surface area (Å²) in [6.07, 6.45) is 1.50. The molecule has 1 amide bonds. The van der Waals surface area contributed by atoms with Crippen molar-refractivity contribution in [1.29, 1.82) is 5.26 Å². The third-order valence-corrected chi connectivity index (χ3v) is 6.41. The van der Waals surface area contributed by atoms with Crippen molar-refractivity contribution in [2.45, 2.75) is 44.9 Å². The summed E-state index contributed by atoms with van der Waals surface area (Å²) in [5.41, 5.74) is 0.565. The van der Waals surface area contributed by atoms with E-state index in [0.717, 1.165) is 0 Å². The van der Waals surface area contributed by atoms with Gasteiger partial charge in [0.25, 0.3) is 0 Å². The van der Waals surface area contributed by atoms with Gasteiger partial charge >= 0.3 is 0 Å². The van der Waals surface area contributed by atoms with Crippen LogP contribution >= 0.6 is 23.2 Å². The van der Waals surface area contributed by atoms with Crippen LogP contribution in [0.3, 0.4) is 0 Å². The Labute approximate surface area is 180 Å². The standard InChI is InChI=1S/C22H20Cl2N2O3/c1-2-3-14-10-15(23)20(16(24)11-14)21-17(27)12-22(13-18(21)28)5-8-26(9-6-22)19(29)4-7-25/h10-11,21H,4-6,8-9,12-13H2,1H3. The van der Waals surface area contributed by atoms with Gasteiger partial charge in [-0.1, -0.05) is 29.1 Å². The molecule has 0 unspecified atom stereocenters. The number of Topliss-reactive ketones (excluding diaryl/α,β-unsaturated/α-hetero) is 2. The highest BCUT2D eigenvalue weighted by molar-refractivity contribution is 6.37. The number of carbonyl (C=O) groups excluding carboxylic acids is 3. The molecule has 29 heavy (non-hydrogen) atoms. The third-order valence-electron chi connectivity index (χ3n) is 5.79. The average Bonchev–Trinajstić information content (AvgIpc) is 2.64. The van der Waals surface area contributed by atoms with Crippen LogP contribution in [0.1, 0.15) is 56.1 Å². The lowest BCUT2D eigenvalue weighted by atomic mass is 9.63. The summed E-state index contributed by atoms with van der Waals surface area (Å²) in [5.74, 6) is 4.11. The summed E-state index contributed by atoms with van der Waals surface area (Å²) in [6.45, 7) is 2.61. The Morgan fingerprint density at radius 2 is 1.72 bits per heavy atom. The van der Waals surface area contributed by atoms with Gasteiger partial charge < -0.3 is 4.90 Å². The van der Waals surface area contributed by atoms with Crippen LogP contribution in [-0.2, 0) is 14.4 Å². The summed E-state index contributed by atoms with van der Waals surface area (Å²) >= 11 is 12.7. The monoisotopic (exact) mass is 430 g/mol. The van der Waals surface area contributed by atoms with Crippen LogP contribution in [0.15, 0.2) is 12.1 Å². The van der Waals surface area contributed by atoms with Gasteiger partial charge in [-0.2, -0.15) is 5.26 Å². The molecule has 1 aromatic carbocycles. The van der Waals surface area contributed by atoms with Gasteiger partial charge in [-0.3, -0.25) is 14.4 Å². The molecule has 0 radical (unpaired) electrons. The number of hydrogen-bond acceptors (Lipinski definition) is 4. The molecule has 2 aliphatic rings. The maximum atomic E-state index is 13.0. The van der Waals surface area contributed by atoms with E-state index in [9.17, 15) is 14.4 Å². The molecule has 0 atom stereocenters. The average molecular weight is 431 g/mol. The second-order valence-electron chi connectivity index (χ2n) is 7.66. The van der Waals surface area contributed by atoms with Crippen LogP contribution in [0, 0.1) is 28.6 Å². The number of ketones is 2. The summed E-state index contributed by atoms with van der Waals surface area (Å²) in [5, 5.41) is 9.24. The SMILES string of the molecule is CC#Cc1cc(Cl)c(C2C(=O)CC3(CCN(C(=O)CC#N)CC3)CC2=O)c(Cl)c1. The van der Waals surface area contributed by atoms with Gasteiger partial charge in [0.15, 0.2) is 0 Å². The van der Waals surface area contributed by atoms with Crippen molar-refractivity contribution in [1.82, 2.24) is 4.90 Å². The minimum atomic E-state index is -0.956. The number of likely N-dealkylation sites (tertiary alicyclic amines) is 1. The Balaban J connectivity index is 1.79. The second kappa shape index (κ2) is 8.57. The molecule has 1 aromatic rings. The van der Waals surface area contributed by atoms with Crippen LogP contribution in [0.25, 0.3) is 0 Å². The first kappa shape index (κ1) is 21.4. The fourth-order valence-corrected chi connectivity index (χ4v) is 5.05. The Morgan fingerprint density at radius 1 is 1.17 bits per heavy atom. The molecule has 0 N–H and O–H groups in total. The molecule has 7 heteroatoms. The van der Waals surface area contributed by atoms with E-state index < -0.39 is 11.3 Å². The molecular formula is C22H20Cl2N2O3. The molecule has 0 aromatic heterocycles. The highest BCUT2D eigenvalue weighted by atomic mass is 35.5. The lowest BCUT2D eigenvalue weighted by molar-refractivity contribution is -0.140. The number of nitriles is 1. The Bertz CT molecular complexity index is 933. The van der Waals surface area contributed by atoms with Gasteiger partial charge in [-0.25, -0.2) is 0 Å². The fourth-order valence-electron chi connectivity index (χ4n) is 4.35. The maximum Gasteiger partial charge on any atom is 0.236 e. The molecule has 2 fully saturated rings. The van der Waals surface area contributed by atoms with Crippen molar-refractivity contribution in [3.63, 3.8) is 0 Å². The molecule has 150 valence electrons. The molecule has 1 heterocycles. The largest absolute Gasteiger partial charge is 0.342 e. The molecule has 1 saturated carbocycles. The van der Waals surface area contributed by atoms with E-state index in [1.807, 2.05) is 6.07 Å². The van der Waals surface area contributed by atoms with Crippen LogP contribution in [0.2, 0.25) is 10.0 Å². The van der Waals surface area contributed by atoms with Crippen LogP contribution < -0.4 is 0 Å². The number of hydrogen-bond donors (Lipinski definition) is 0. The van der Waals surface area contributed by atoms with E-state index in [-0.39, 0.29) is 46.8 Å². The third kappa shape index (κ3) is 4.32. The number of halogens is 2. The molecule has 3 rings (SSSR count). The van der Waals surface area contributed by atoms with Crippen LogP contribution in [0.4, 0.5) is 0 Å². The lowest BCUT2D eigenvalue weighted by Crippen LogP contribution is -2.48. The van der Waals surface area contributed by atoms with E-state index >= 15 is 0 Å².